The zero-order valence-corrected chi connectivity index (χ0v) is 9.73. The molecule has 4 nitrogen and oxygen atoms in total. The Labute approximate surface area is 99.1 Å². The van der Waals surface area contributed by atoms with Crippen molar-refractivity contribution in [3.8, 4) is 0 Å². The van der Waals surface area contributed by atoms with Gasteiger partial charge in [-0.3, -0.25) is 9.59 Å². The fourth-order valence-corrected chi connectivity index (χ4v) is 1.61. The summed E-state index contributed by atoms with van der Waals surface area (Å²) in [7, 11) is 0. The number of nitrogens with zero attached hydrogens (tertiary/aromatic N) is 2. The maximum Gasteiger partial charge on any atom is 0.203 e. The smallest absolute Gasteiger partial charge is 0.203 e. The minimum Gasteiger partial charge on any atom is -0.294 e. The summed E-state index contributed by atoms with van der Waals surface area (Å²) in [6.07, 6.45) is 1.67. The summed E-state index contributed by atoms with van der Waals surface area (Å²) < 4.78 is 0. The van der Waals surface area contributed by atoms with Crippen molar-refractivity contribution < 1.29 is 9.59 Å². The van der Waals surface area contributed by atoms with Crippen LogP contribution in [0.1, 0.15) is 20.3 Å². The van der Waals surface area contributed by atoms with E-state index in [1.54, 1.807) is 38.2 Å². The molecule has 0 saturated carbocycles. The molecule has 0 radical (unpaired) electrons. The molecule has 1 aliphatic carbocycles. The first-order valence-corrected chi connectivity index (χ1v) is 5.33. The van der Waals surface area contributed by atoms with Crippen molar-refractivity contribution in [2.45, 2.75) is 20.3 Å². The monoisotopic (exact) mass is 228 g/mol. The molecule has 1 aromatic heterocycles. The Morgan fingerprint density at radius 1 is 1.18 bits per heavy atom. The van der Waals surface area contributed by atoms with E-state index in [-0.39, 0.29) is 23.7 Å². The average molecular weight is 228 g/mol. The van der Waals surface area contributed by atoms with Crippen LogP contribution in [0.3, 0.4) is 0 Å². The van der Waals surface area contributed by atoms with Gasteiger partial charge in [0.25, 0.3) is 0 Å². The molecule has 0 saturated heterocycles. The van der Waals surface area contributed by atoms with Crippen LogP contribution in [0.5, 0.6) is 0 Å². The van der Waals surface area contributed by atoms with Gasteiger partial charge in [0, 0.05) is 11.8 Å². The third kappa shape index (κ3) is 2.20. The van der Waals surface area contributed by atoms with Gasteiger partial charge in [0.2, 0.25) is 5.78 Å². The Balaban J connectivity index is 2.40. The molecule has 0 aromatic carbocycles. The van der Waals surface area contributed by atoms with Crippen molar-refractivity contribution in [1.29, 1.82) is 0 Å². The summed E-state index contributed by atoms with van der Waals surface area (Å²) in [6, 6.07) is 5.26. The minimum atomic E-state index is -0.159. The SMILES string of the molecule is CC1=C(C)C(=O)C(=Nc2ccccn2)CC1=O. The van der Waals surface area contributed by atoms with Crippen LogP contribution in [0.25, 0.3) is 0 Å². The average Bonchev–Trinajstić information content (AvgIpc) is 2.35. The van der Waals surface area contributed by atoms with Gasteiger partial charge in [-0.05, 0) is 31.6 Å². The Kier molecular flexibility index (Phi) is 2.95. The molecule has 0 aliphatic heterocycles. The van der Waals surface area contributed by atoms with Gasteiger partial charge < -0.3 is 0 Å². The van der Waals surface area contributed by atoms with Crippen molar-refractivity contribution in [2.24, 2.45) is 4.99 Å². The molecule has 4 heteroatoms. The molecule has 17 heavy (non-hydrogen) atoms. The lowest BCUT2D eigenvalue weighted by Gasteiger charge is -2.14. The predicted octanol–water partition coefficient (Wildman–Crippen LogP) is 2.03. The van der Waals surface area contributed by atoms with E-state index < -0.39 is 0 Å². The third-order valence-electron chi connectivity index (χ3n) is 2.81. The lowest BCUT2D eigenvalue weighted by atomic mass is 9.90. The first-order valence-electron chi connectivity index (χ1n) is 5.33. The van der Waals surface area contributed by atoms with E-state index in [0.717, 1.165) is 0 Å². The standard InChI is InChI=1S/C13H12N2O2/c1-8-9(2)13(17)10(7-11(8)16)15-12-5-3-4-6-14-12/h3-6H,7H2,1-2H3. The fraction of sp³-hybridized carbons (Fsp3) is 0.231. The molecular formula is C13H12N2O2. The highest BCUT2D eigenvalue weighted by Gasteiger charge is 2.26. The third-order valence-corrected chi connectivity index (χ3v) is 2.81. The predicted molar refractivity (Wildman–Crippen MR) is 64.3 cm³/mol. The highest BCUT2D eigenvalue weighted by Crippen LogP contribution is 2.19. The maximum absolute atomic E-state index is 11.9. The molecule has 0 amide bonds. The normalized spacial score (nSPS) is 19.1. The van der Waals surface area contributed by atoms with Crippen LogP contribution >= 0.6 is 0 Å². The quantitative estimate of drug-likeness (QED) is 0.739. The number of hydrogen-bond donors (Lipinski definition) is 0. The number of aliphatic imine (C=N–C) groups is 1. The summed E-state index contributed by atoms with van der Waals surface area (Å²) in [5.41, 5.74) is 1.29. The molecule has 1 aliphatic rings. The topological polar surface area (TPSA) is 59.4 Å². The summed E-state index contributed by atoms with van der Waals surface area (Å²) in [5.74, 6) is 0.250. The first kappa shape index (κ1) is 11.4. The Morgan fingerprint density at radius 3 is 2.59 bits per heavy atom. The van der Waals surface area contributed by atoms with Gasteiger partial charge in [0.1, 0.15) is 0 Å². The van der Waals surface area contributed by atoms with E-state index in [9.17, 15) is 9.59 Å². The lowest BCUT2D eigenvalue weighted by Crippen LogP contribution is -2.26. The van der Waals surface area contributed by atoms with Gasteiger partial charge in [-0.2, -0.15) is 0 Å². The van der Waals surface area contributed by atoms with Gasteiger partial charge in [-0.15, -0.1) is 0 Å². The molecule has 86 valence electrons. The second-order valence-electron chi connectivity index (χ2n) is 3.93. The molecule has 2 rings (SSSR count). The molecular weight excluding hydrogens is 216 g/mol. The van der Waals surface area contributed by atoms with E-state index in [1.807, 2.05) is 0 Å². The van der Waals surface area contributed by atoms with E-state index in [1.165, 1.54) is 0 Å². The molecule has 1 heterocycles. The summed E-state index contributed by atoms with van der Waals surface area (Å²) in [4.78, 5) is 31.7. The van der Waals surface area contributed by atoms with Crippen molar-refractivity contribution >= 4 is 23.1 Å². The molecule has 0 spiro atoms. The highest BCUT2D eigenvalue weighted by atomic mass is 16.1. The van der Waals surface area contributed by atoms with E-state index in [2.05, 4.69) is 9.98 Å². The number of carbonyl (C=O) groups excluding carboxylic acids is 2. The van der Waals surface area contributed by atoms with E-state index in [4.69, 9.17) is 0 Å². The fourth-order valence-electron chi connectivity index (χ4n) is 1.61. The summed E-state index contributed by atoms with van der Waals surface area (Å²) in [5, 5.41) is 0. The number of hydrogen-bond acceptors (Lipinski definition) is 4. The van der Waals surface area contributed by atoms with Crippen LogP contribution in [0, 0.1) is 0 Å². The molecule has 0 bridgehead atoms. The largest absolute Gasteiger partial charge is 0.294 e. The second kappa shape index (κ2) is 4.41. The lowest BCUT2D eigenvalue weighted by molar-refractivity contribution is -0.117. The van der Waals surface area contributed by atoms with Gasteiger partial charge in [0.15, 0.2) is 11.6 Å². The number of aromatic nitrogens is 1. The highest BCUT2D eigenvalue weighted by molar-refractivity contribution is 6.52. The Bertz CT molecular complexity index is 542. The second-order valence-corrected chi connectivity index (χ2v) is 3.93. The van der Waals surface area contributed by atoms with Gasteiger partial charge >= 0.3 is 0 Å². The Morgan fingerprint density at radius 2 is 1.94 bits per heavy atom. The molecule has 0 atom stereocenters. The van der Waals surface area contributed by atoms with Crippen LogP contribution in [0.4, 0.5) is 5.82 Å². The number of Topliss-reactive ketones (excluding diaryl/α,β-unsaturated/α-hetero) is 2. The van der Waals surface area contributed by atoms with Gasteiger partial charge in [-0.1, -0.05) is 6.07 Å². The van der Waals surface area contributed by atoms with Gasteiger partial charge in [-0.25, -0.2) is 9.98 Å². The minimum absolute atomic E-state index is 0.0446. The van der Waals surface area contributed by atoms with Crippen molar-refractivity contribution in [3.05, 3.63) is 35.5 Å². The maximum atomic E-state index is 11.9. The summed E-state index contributed by atoms with van der Waals surface area (Å²) in [6.45, 7) is 3.33. The number of allylic oxidation sites excluding steroid dienone is 2. The number of rotatable bonds is 1. The molecule has 0 N–H and O–H groups in total. The molecule has 0 unspecified atom stereocenters. The molecule has 0 fully saturated rings. The van der Waals surface area contributed by atoms with E-state index in [0.29, 0.717) is 17.0 Å². The van der Waals surface area contributed by atoms with Crippen molar-refractivity contribution in [1.82, 2.24) is 4.98 Å². The van der Waals surface area contributed by atoms with Crippen LogP contribution in [-0.2, 0) is 9.59 Å². The number of ketones is 2. The number of carbonyl (C=O) groups is 2. The summed E-state index contributed by atoms with van der Waals surface area (Å²) >= 11 is 0. The Hall–Kier alpha value is -2.10. The van der Waals surface area contributed by atoms with Gasteiger partial charge in [0.05, 0.1) is 12.1 Å². The van der Waals surface area contributed by atoms with E-state index >= 15 is 0 Å². The van der Waals surface area contributed by atoms with Crippen molar-refractivity contribution in [3.63, 3.8) is 0 Å². The van der Waals surface area contributed by atoms with Crippen LogP contribution in [0.2, 0.25) is 0 Å². The zero-order chi connectivity index (χ0) is 12.4. The first-order chi connectivity index (χ1) is 8.09. The van der Waals surface area contributed by atoms with Crippen LogP contribution in [0.15, 0.2) is 40.5 Å². The molecule has 1 aromatic rings. The van der Waals surface area contributed by atoms with Crippen LogP contribution in [-0.4, -0.2) is 22.3 Å². The number of pyridine rings is 1. The van der Waals surface area contributed by atoms with Crippen LogP contribution < -0.4 is 0 Å². The zero-order valence-electron chi connectivity index (χ0n) is 9.73. The van der Waals surface area contributed by atoms with Crippen molar-refractivity contribution in [2.75, 3.05) is 0 Å².